The highest BCUT2D eigenvalue weighted by Gasteiger charge is 2.32. The van der Waals surface area contributed by atoms with Crippen LogP contribution in [0.25, 0.3) is 0 Å². The average molecular weight is 372 g/mol. The van der Waals surface area contributed by atoms with Crippen LogP contribution in [0.15, 0.2) is 24.3 Å². The fraction of sp³-hybridized carbons (Fsp3) is 0.588. The van der Waals surface area contributed by atoms with Crippen molar-refractivity contribution >= 4 is 28.7 Å². The number of allylic oxidation sites excluding steroid dienone is 3. The highest BCUT2D eigenvalue weighted by atomic mass is 32.2. The number of aliphatic hydroxyl groups is 2. The van der Waals surface area contributed by atoms with E-state index in [0.29, 0.717) is 12.3 Å². The predicted octanol–water partition coefficient (Wildman–Crippen LogP) is 0.380. The van der Waals surface area contributed by atoms with E-state index < -0.39 is 17.4 Å². The van der Waals surface area contributed by atoms with Gasteiger partial charge in [-0.15, -0.1) is 0 Å². The summed E-state index contributed by atoms with van der Waals surface area (Å²) < 4.78 is 0. The molecule has 0 saturated carbocycles. The molecule has 0 saturated heterocycles. The van der Waals surface area contributed by atoms with Gasteiger partial charge in [0, 0.05) is 30.7 Å². The van der Waals surface area contributed by atoms with E-state index in [-0.39, 0.29) is 30.6 Å². The third-order valence-corrected chi connectivity index (χ3v) is 4.08. The molecule has 0 spiro atoms. The van der Waals surface area contributed by atoms with Gasteiger partial charge < -0.3 is 20.8 Å². The van der Waals surface area contributed by atoms with Crippen molar-refractivity contribution in [3.05, 3.63) is 24.3 Å². The minimum Gasteiger partial charge on any atom is -0.396 e. The summed E-state index contributed by atoms with van der Waals surface area (Å²) in [6.07, 6.45) is 5.41. The fourth-order valence-corrected chi connectivity index (χ4v) is 2.14. The van der Waals surface area contributed by atoms with Crippen LogP contribution in [0.5, 0.6) is 0 Å². The number of hydrogen-bond donors (Lipinski definition) is 4. The molecule has 0 aliphatic heterocycles. The van der Waals surface area contributed by atoms with Crippen LogP contribution in [0.2, 0.25) is 0 Å². The summed E-state index contributed by atoms with van der Waals surface area (Å²) in [5.41, 5.74) is -0.947. The van der Waals surface area contributed by atoms with Crippen LogP contribution in [0.3, 0.4) is 0 Å². The van der Waals surface area contributed by atoms with Crippen molar-refractivity contribution < 1.29 is 24.6 Å². The summed E-state index contributed by atoms with van der Waals surface area (Å²) >= 11 is 1.11. The summed E-state index contributed by atoms with van der Waals surface area (Å²) in [5.74, 6) is -0.421. The Kier molecular flexibility index (Phi) is 11.9. The molecule has 0 aliphatic rings. The highest BCUT2D eigenvalue weighted by Crippen LogP contribution is 2.19. The molecule has 25 heavy (non-hydrogen) atoms. The van der Waals surface area contributed by atoms with Crippen LogP contribution in [0, 0.1) is 5.41 Å². The summed E-state index contributed by atoms with van der Waals surface area (Å²) in [6, 6.07) is 0. The van der Waals surface area contributed by atoms with Gasteiger partial charge >= 0.3 is 0 Å². The van der Waals surface area contributed by atoms with Crippen LogP contribution in [0.4, 0.5) is 0 Å². The molecule has 0 rings (SSSR count). The number of rotatable bonds is 11. The summed E-state index contributed by atoms with van der Waals surface area (Å²) in [5, 5.41) is 23.9. The molecule has 0 radical (unpaired) electrons. The van der Waals surface area contributed by atoms with Gasteiger partial charge in [-0.2, -0.15) is 0 Å². The minimum absolute atomic E-state index is 0.0673. The first-order chi connectivity index (χ1) is 11.7. The van der Waals surface area contributed by atoms with E-state index in [0.717, 1.165) is 11.8 Å². The lowest BCUT2D eigenvalue weighted by molar-refractivity contribution is -0.137. The first-order valence-corrected chi connectivity index (χ1v) is 9.02. The first-order valence-electron chi connectivity index (χ1n) is 8.04. The molecule has 0 aromatic heterocycles. The molecular weight excluding hydrogens is 344 g/mol. The highest BCUT2D eigenvalue weighted by molar-refractivity contribution is 8.14. The van der Waals surface area contributed by atoms with Crippen molar-refractivity contribution in [2.75, 3.05) is 25.4 Å². The molecule has 0 fully saturated rings. The Morgan fingerprint density at radius 2 is 1.84 bits per heavy atom. The van der Waals surface area contributed by atoms with Crippen LogP contribution >= 0.6 is 11.8 Å². The lowest BCUT2D eigenvalue weighted by Crippen LogP contribution is -2.46. The third kappa shape index (κ3) is 10.8. The lowest BCUT2D eigenvalue weighted by atomic mass is 9.87. The summed E-state index contributed by atoms with van der Waals surface area (Å²) in [4.78, 5) is 34.8. The molecule has 1 atom stereocenters. The Balaban J connectivity index is 3.88. The monoisotopic (exact) mass is 372 g/mol. The Hall–Kier alpha value is -1.64. The van der Waals surface area contributed by atoms with Gasteiger partial charge in [0.1, 0.15) is 6.10 Å². The molecule has 0 bridgehead atoms. The number of thioether (sulfide) groups is 1. The van der Waals surface area contributed by atoms with Gasteiger partial charge in [-0.1, -0.05) is 43.8 Å². The minimum atomic E-state index is -1.35. The quantitative estimate of drug-likeness (QED) is 0.237. The standard InChI is InChI=1S/C17H28N2O5S/c1-4-5-6-7-14(22)25-11-10-18-13(21)8-9-19-16(24)15(23)17(2,3)12-20/h4-7,15,20,23H,8-12H2,1-3H3,(H,18,21)(H,19,24)/b5-4-,7-6+/t15-/m0/s1. The SMILES string of the molecule is C/C=C\C=C\C(=O)SCCNC(=O)CCNC(=O)[C@H](O)C(C)(C)CO. The summed E-state index contributed by atoms with van der Waals surface area (Å²) in [6.45, 7) is 5.09. The van der Waals surface area contributed by atoms with E-state index in [1.54, 1.807) is 26.0 Å². The fourth-order valence-electron chi connectivity index (χ4n) is 1.56. The summed E-state index contributed by atoms with van der Waals surface area (Å²) in [7, 11) is 0. The second-order valence-electron chi connectivity index (χ2n) is 5.99. The molecular formula is C17H28N2O5S. The van der Waals surface area contributed by atoms with Crippen LogP contribution in [0.1, 0.15) is 27.2 Å². The molecule has 2 amide bonds. The Morgan fingerprint density at radius 1 is 1.16 bits per heavy atom. The van der Waals surface area contributed by atoms with Crippen molar-refractivity contribution in [3.8, 4) is 0 Å². The zero-order chi connectivity index (χ0) is 19.3. The largest absolute Gasteiger partial charge is 0.396 e. The van der Waals surface area contributed by atoms with E-state index in [4.69, 9.17) is 5.11 Å². The van der Waals surface area contributed by atoms with Crippen molar-refractivity contribution in [1.82, 2.24) is 10.6 Å². The Labute approximate surface area is 152 Å². The number of aliphatic hydroxyl groups excluding tert-OH is 2. The van der Waals surface area contributed by atoms with Gasteiger partial charge in [0.05, 0.1) is 6.61 Å². The number of hydrogen-bond acceptors (Lipinski definition) is 6. The Bertz CT molecular complexity index is 503. The van der Waals surface area contributed by atoms with Crippen molar-refractivity contribution in [2.45, 2.75) is 33.3 Å². The van der Waals surface area contributed by atoms with E-state index in [1.165, 1.54) is 6.08 Å². The smallest absolute Gasteiger partial charge is 0.249 e. The van der Waals surface area contributed by atoms with Gasteiger partial charge in [0.15, 0.2) is 0 Å². The number of nitrogens with one attached hydrogen (secondary N) is 2. The number of amides is 2. The molecule has 0 heterocycles. The molecule has 0 unspecified atom stereocenters. The van der Waals surface area contributed by atoms with E-state index in [1.807, 2.05) is 13.0 Å². The molecule has 7 nitrogen and oxygen atoms in total. The van der Waals surface area contributed by atoms with Crippen LogP contribution in [-0.4, -0.2) is 58.7 Å². The lowest BCUT2D eigenvalue weighted by Gasteiger charge is -2.27. The molecule has 4 N–H and O–H groups in total. The van der Waals surface area contributed by atoms with Crippen molar-refractivity contribution in [1.29, 1.82) is 0 Å². The third-order valence-electron chi connectivity index (χ3n) is 3.25. The van der Waals surface area contributed by atoms with Gasteiger partial charge in [0.25, 0.3) is 0 Å². The van der Waals surface area contributed by atoms with Crippen LogP contribution < -0.4 is 10.6 Å². The van der Waals surface area contributed by atoms with Gasteiger partial charge in [-0.05, 0) is 13.0 Å². The second kappa shape index (κ2) is 12.7. The maximum absolute atomic E-state index is 11.7. The van der Waals surface area contributed by atoms with E-state index in [2.05, 4.69) is 10.6 Å². The molecule has 0 aromatic rings. The molecule has 0 aromatic carbocycles. The van der Waals surface area contributed by atoms with E-state index in [9.17, 15) is 19.5 Å². The van der Waals surface area contributed by atoms with Gasteiger partial charge in [-0.25, -0.2) is 0 Å². The average Bonchev–Trinajstić information content (AvgIpc) is 2.58. The molecule has 142 valence electrons. The van der Waals surface area contributed by atoms with Gasteiger partial charge in [0.2, 0.25) is 16.9 Å². The number of carbonyl (C=O) groups is 3. The Morgan fingerprint density at radius 3 is 2.44 bits per heavy atom. The zero-order valence-electron chi connectivity index (χ0n) is 14.9. The number of carbonyl (C=O) groups excluding carboxylic acids is 3. The normalized spacial score (nSPS) is 13.2. The van der Waals surface area contributed by atoms with Crippen molar-refractivity contribution in [2.24, 2.45) is 5.41 Å². The van der Waals surface area contributed by atoms with Crippen molar-refractivity contribution in [3.63, 3.8) is 0 Å². The zero-order valence-corrected chi connectivity index (χ0v) is 15.8. The topological polar surface area (TPSA) is 116 Å². The first kappa shape index (κ1) is 23.4. The van der Waals surface area contributed by atoms with Gasteiger partial charge in [-0.3, -0.25) is 14.4 Å². The maximum Gasteiger partial charge on any atom is 0.249 e. The molecule has 8 heteroatoms. The second-order valence-corrected chi connectivity index (χ2v) is 7.09. The molecule has 0 aliphatic carbocycles. The van der Waals surface area contributed by atoms with Crippen LogP contribution in [-0.2, 0) is 14.4 Å². The van der Waals surface area contributed by atoms with E-state index >= 15 is 0 Å². The predicted molar refractivity (Wildman–Crippen MR) is 98.9 cm³/mol. The maximum atomic E-state index is 11.7.